The molecule has 0 aromatic rings. The van der Waals surface area contributed by atoms with Crippen LogP contribution in [0.2, 0.25) is 0 Å². The van der Waals surface area contributed by atoms with Gasteiger partial charge < -0.3 is 10.2 Å². The van der Waals surface area contributed by atoms with E-state index in [2.05, 4.69) is 17.1 Å². The molecular formula is C10H18N2OS. The Hall–Kier alpha value is -0.220. The first kappa shape index (κ1) is 10.3. The molecule has 1 spiro atoms. The summed E-state index contributed by atoms with van der Waals surface area (Å²) in [5.41, 5.74) is 0. The predicted molar refractivity (Wildman–Crippen MR) is 59.3 cm³/mol. The molecule has 0 aromatic carbocycles. The van der Waals surface area contributed by atoms with Crippen molar-refractivity contribution in [3.63, 3.8) is 0 Å². The van der Waals surface area contributed by atoms with Gasteiger partial charge in [-0.25, -0.2) is 0 Å². The molecule has 1 N–H and O–H groups in total. The van der Waals surface area contributed by atoms with Gasteiger partial charge in [0.2, 0.25) is 5.91 Å². The fourth-order valence-electron chi connectivity index (χ4n) is 2.46. The van der Waals surface area contributed by atoms with Crippen LogP contribution in [0.25, 0.3) is 0 Å². The molecule has 80 valence electrons. The molecule has 0 saturated carbocycles. The maximum absolute atomic E-state index is 11.8. The van der Waals surface area contributed by atoms with Gasteiger partial charge in [0.1, 0.15) is 0 Å². The summed E-state index contributed by atoms with van der Waals surface area (Å²) in [5.74, 6) is 1.36. The van der Waals surface area contributed by atoms with Crippen LogP contribution in [0.5, 0.6) is 0 Å². The van der Waals surface area contributed by atoms with E-state index in [4.69, 9.17) is 0 Å². The summed E-state index contributed by atoms with van der Waals surface area (Å²) >= 11 is 1.99. The summed E-state index contributed by atoms with van der Waals surface area (Å²) in [6.45, 7) is 5.06. The zero-order valence-corrected chi connectivity index (χ0v) is 9.53. The molecule has 2 heterocycles. The van der Waals surface area contributed by atoms with Crippen molar-refractivity contribution in [1.29, 1.82) is 0 Å². The van der Waals surface area contributed by atoms with Crippen LogP contribution >= 0.6 is 11.8 Å². The molecule has 3 nitrogen and oxygen atoms in total. The summed E-state index contributed by atoms with van der Waals surface area (Å²) in [6, 6.07) is 0. The second-order valence-electron chi connectivity index (χ2n) is 3.93. The van der Waals surface area contributed by atoms with Crippen molar-refractivity contribution in [2.75, 3.05) is 25.4 Å². The average Bonchev–Trinajstić information content (AvgIpc) is 2.19. The highest BCUT2D eigenvalue weighted by Crippen LogP contribution is 2.41. The molecule has 2 aliphatic rings. The third-order valence-electron chi connectivity index (χ3n) is 3.18. The van der Waals surface area contributed by atoms with Gasteiger partial charge in [0, 0.05) is 18.7 Å². The van der Waals surface area contributed by atoms with Crippen LogP contribution in [0, 0.1) is 0 Å². The fourth-order valence-corrected chi connectivity index (χ4v) is 4.00. The second-order valence-corrected chi connectivity index (χ2v) is 5.39. The van der Waals surface area contributed by atoms with E-state index < -0.39 is 0 Å². The van der Waals surface area contributed by atoms with E-state index in [-0.39, 0.29) is 4.87 Å². The molecule has 0 unspecified atom stereocenters. The molecule has 0 bridgehead atoms. The van der Waals surface area contributed by atoms with Gasteiger partial charge in [0.25, 0.3) is 0 Å². The number of carbonyl (C=O) groups is 1. The highest BCUT2D eigenvalue weighted by atomic mass is 32.2. The molecule has 0 radical (unpaired) electrons. The Morgan fingerprint density at radius 2 is 2.21 bits per heavy atom. The summed E-state index contributed by atoms with van der Waals surface area (Å²) in [5, 5.41) is 3.36. The monoisotopic (exact) mass is 214 g/mol. The van der Waals surface area contributed by atoms with Crippen molar-refractivity contribution in [3.05, 3.63) is 0 Å². The third-order valence-corrected chi connectivity index (χ3v) is 4.75. The molecule has 2 saturated heterocycles. The summed E-state index contributed by atoms with van der Waals surface area (Å²) in [7, 11) is 0. The lowest BCUT2D eigenvalue weighted by atomic mass is 10.0. The van der Waals surface area contributed by atoms with Gasteiger partial charge in [0.05, 0.1) is 4.87 Å². The van der Waals surface area contributed by atoms with Crippen LogP contribution in [0.4, 0.5) is 0 Å². The van der Waals surface area contributed by atoms with Crippen molar-refractivity contribution in [2.45, 2.75) is 31.1 Å². The Kier molecular flexibility index (Phi) is 3.02. The number of hydrogen-bond acceptors (Lipinski definition) is 3. The highest BCUT2D eigenvalue weighted by Gasteiger charge is 2.42. The third kappa shape index (κ3) is 1.65. The standard InChI is InChI=1S/C10H18N2OS/c1-2-12-9(13)3-8-14-10(12)4-6-11-7-5-10/h11H,2-8H2,1H3. The first-order valence-corrected chi connectivity index (χ1v) is 6.42. The molecular weight excluding hydrogens is 196 g/mol. The maximum atomic E-state index is 11.8. The Bertz CT molecular complexity index is 221. The van der Waals surface area contributed by atoms with E-state index >= 15 is 0 Å². The van der Waals surface area contributed by atoms with Crippen molar-refractivity contribution in [1.82, 2.24) is 10.2 Å². The quantitative estimate of drug-likeness (QED) is 0.708. The number of carbonyl (C=O) groups excluding carboxylic acids is 1. The topological polar surface area (TPSA) is 32.3 Å². The van der Waals surface area contributed by atoms with Crippen molar-refractivity contribution in [2.24, 2.45) is 0 Å². The number of thioether (sulfide) groups is 1. The fraction of sp³-hybridized carbons (Fsp3) is 0.900. The first-order valence-electron chi connectivity index (χ1n) is 5.44. The van der Waals surface area contributed by atoms with Crippen LogP contribution in [-0.2, 0) is 4.79 Å². The lowest BCUT2D eigenvalue weighted by Gasteiger charge is -2.48. The number of amides is 1. The van der Waals surface area contributed by atoms with E-state index in [1.807, 2.05) is 11.8 Å². The minimum Gasteiger partial charge on any atom is -0.328 e. The zero-order valence-electron chi connectivity index (χ0n) is 8.71. The van der Waals surface area contributed by atoms with Gasteiger partial charge in [-0.3, -0.25) is 4.79 Å². The van der Waals surface area contributed by atoms with Gasteiger partial charge in [-0.1, -0.05) is 0 Å². The number of hydrogen-bond donors (Lipinski definition) is 1. The smallest absolute Gasteiger partial charge is 0.224 e. The van der Waals surface area contributed by atoms with E-state index in [0.717, 1.165) is 44.6 Å². The SMILES string of the molecule is CCN1C(=O)CCSC12CCNCC2. The second kappa shape index (κ2) is 4.11. The van der Waals surface area contributed by atoms with Gasteiger partial charge in [-0.05, 0) is 32.9 Å². The molecule has 0 aliphatic carbocycles. The average molecular weight is 214 g/mol. The highest BCUT2D eigenvalue weighted by molar-refractivity contribution is 8.00. The molecule has 1 amide bonds. The largest absolute Gasteiger partial charge is 0.328 e. The Labute approximate surface area is 89.6 Å². The zero-order chi connectivity index (χ0) is 10.0. The summed E-state index contributed by atoms with van der Waals surface area (Å²) < 4.78 is 0. The van der Waals surface area contributed by atoms with E-state index in [1.165, 1.54) is 0 Å². The van der Waals surface area contributed by atoms with Crippen LogP contribution < -0.4 is 5.32 Å². The molecule has 0 aromatic heterocycles. The van der Waals surface area contributed by atoms with Crippen LogP contribution in [0.1, 0.15) is 26.2 Å². The van der Waals surface area contributed by atoms with Gasteiger partial charge >= 0.3 is 0 Å². The van der Waals surface area contributed by atoms with Gasteiger partial charge in [-0.15, -0.1) is 11.8 Å². The van der Waals surface area contributed by atoms with E-state index in [9.17, 15) is 4.79 Å². The van der Waals surface area contributed by atoms with Crippen molar-refractivity contribution in [3.8, 4) is 0 Å². The first-order chi connectivity index (χ1) is 6.78. The number of nitrogens with one attached hydrogen (secondary N) is 1. The number of rotatable bonds is 1. The summed E-state index contributed by atoms with van der Waals surface area (Å²) in [4.78, 5) is 14.0. The Balaban J connectivity index is 2.16. The minimum atomic E-state index is 0.134. The lowest BCUT2D eigenvalue weighted by molar-refractivity contribution is -0.135. The van der Waals surface area contributed by atoms with E-state index in [1.54, 1.807) is 0 Å². The normalized spacial score (nSPS) is 26.9. The van der Waals surface area contributed by atoms with Gasteiger partial charge in [0.15, 0.2) is 0 Å². The molecule has 14 heavy (non-hydrogen) atoms. The Morgan fingerprint density at radius 3 is 2.86 bits per heavy atom. The Morgan fingerprint density at radius 1 is 1.50 bits per heavy atom. The van der Waals surface area contributed by atoms with Crippen molar-refractivity contribution < 1.29 is 4.79 Å². The lowest BCUT2D eigenvalue weighted by Crippen LogP contribution is -2.57. The minimum absolute atomic E-state index is 0.134. The molecule has 2 fully saturated rings. The van der Waals surface area contributed by atoms with Crippen LogP contribution in [0.3, 0.4) is 0 Å². The van der Waals surface area contributed by atoms with Crippen LogP contribution in [0.15, 0.2) is 0 Å². The summed E-state index contributed by atoms with van der Waals surface area (Å²) in [6.07, 6.45) is 2.95. The molecule has 2 rings (SSSR count). The van der Waals surface area contributed by atoms with Gasteiger partial charge in [-0.2, -0.15) is 0 Å². The molecule has 2 aliphatic heterocycles. The maximum Gasteiger partial charge on any atom is 0.224 e. The van der Waals surface area contributed by atoms with Crippen LogP contribution in [-0.4, -0.2) is 41.1 Å². The molecule has 0 atom stereocenters. The number of piperidine rings is 1. The molecule has 4 heteroatoms. The van der Waals surface area contributed by atoms with Crippen molar-refractivity contribution >= 4 is 17.7 Å². The van der Waals surface area contributed by atoms with E-state index in [0.29, 0.717) is 5.91 Å². The predicted octanol–water partition coefficient (Wildman–Crippen LogP) is 1.05. The number of nitrogens with zero attached hydrogens (tertiary/aromatic N) is 1.